The molecule has 1 aromatic rings. The highest BCUT2D eigenvalue weighted by Gasteiger charge is 2.36. The molecule has 0 radical (unpaired) electrons. The molecule has 7 heteroatoms. The molecule has 0 amide bonds. The predicted molar refractivity (Wildman–Crippen MR) is 93.7 cm³/mol. The lowest BCUT2D eigenvalue weighted by molar-refractivity contribution is 0.0170. The van der Waals surface area contributed by atoms with Gasteiger partial charge in [-0.1, -0.05) is 26.0 Å². The third-order valence-corrected chi connectivity index (χ3v) is 5.66. The minimum Gasteiger partial charge on any atom is -0.389 e. The number of sulfone groups is 1. The monoisotopic (exact) mass is 356 g/mol. The van der Waals surface area contributed by atoms with Crippen LogP contribution < -0.4 is 5.32 Å². The molecule has 1 fully saturated rings. The predicted octanol–water partition coefficient (Wildman–Crippen LogP) is 0.650. The van der Waals surface area contributed by atoms with E-state index in [0.29, 0.717) is 18.0 Å². The fourth-order valence-corrected chi connectivity index (χ4v) is 3.49. The van der Waals surface area contributed by atoms with Crippen LogP contribution in [0.15, 0.2) is 29.2 Å². The standard InChI is InChI=1S/C17H28N2O4S/c1-4-19(5-2)11-16-17(20)15(12-23-16)18-10-13-6-8-14(9-7-13)24(3,21)22/h6-9,15-18,20H,4-5,10-12H2,1-3H3/t15?,16-,17+/m0/s1. The molecule has 1 unspecified atom stereocenters. The second-order valence-corrected chi connectivity index (χ2v) is 8.27. The summed E-state index contributed by atoms with van der Waals surface area (Å²) < 4.78 is 28.6. The smallest absolute Gasteiger partial charge is 0.175 e. The van der Waals surface area contributed by atoms with Gasteiger partial charge in [-0.15, -0.1) is 0 Å². The maximum atomic E-state index is 11.5. The summed E-state index contributed by atoms with van der Waals surface area (Å²) in [6.07, 6.45) is 0.485. The molecule has 0 aromatic heterocycles. The Morgan fingerprint density at radius 2 is 1.88 bits per heavy atom. The van der Waals surface area contributed by atoms with Crippen LogP contribution in [-0.2, 0) is 21.1 Å². The van der Waals surface area contributed by atoms with E-state index >= 15 is 0 Å². The summed E-state index contributed by atoms with van der Waals surface area (Å²) in [5, 5.41) is 13.7. The second kappa shape index (κ2) is 8.40. The Kier molecular flexibility index (Phi) is 6.77. The Bertz CT molecular complexity index is 614. The topological polar surface area (TPSA) is 78.9 Å². The van der Waals surface area contributed by atoms with Crippen molar-refractivity contribution in [3.8, 4) is 0 Å². The number of ether oxygens (including phenoxy) is 1. The van der Waals surface area contributed by atoms with Crippen molar-refractivity contribution in [2.45, 2.75) is 43.5 Å². The number of hydrogen-bond donors (Lipinski definition) is 2. The van der Waals surface area contributed by atoms with Crippen LogP contribution in [-0.4, -0.2) is 69.2 Å². The van der Waals surface area contributed by atoms with Crippen molar-refractivity contribution in [3.05, 3.63) is 29.8 Å². The van der Waals surface area contributed by atoms with Crippen LogP contribution in [0, 0.1) is 0 Å². The van der Waals surface area contributed by atoms with E-state index in [9.17, 15) is 13.5 Å². The molecular weight excluding hydrogens is 328 g/mol. The van der Waals surface area contributed by atoms with Crippen molar-refractivity contribution in [2.75, 3.05) is 32.5 Å². The number of likely N-dealkylation sites (N-methyl/N-ethyl adjacent to an activating group) is 1. The average Bonchev–Trinajstić information content (AvgIpc) is 2.90. The van der Waals surface area contributed by atoms with Crippen LogP contribution in [0.2, 0.25) is 0 Å². The zero-order chi connectivity index (χ0) is 17.7. The Balaban J connectivity index is 1.86. The highest BCUT2D eigenvalue weighted by molar-refractivity contribution is 7.90. The summed E-state index contributed by atoms with van der Waals surface area (Å²) >= 11 is 0. The molecule has 0 spiro atoms. The fourth-order valence-electron chi connectivity index (χ4n) is 2.86. The molecular formula is C17H28N2O4S. The van der Waals surface area contributed by atoms with E-state index in [-0.39, 0.29) is 12.1 Å². The highest BCUT2D eigenvalue weighted by atomic mass is 32.2. The molecule has 1 heterocycles. The molecule has 3 atom stereocenters. The number of rotatable bonds is 8. The SMILES string of the molecule is CCN(CC)C[C@@H]1OCC(NCc2ccc(S(C)(=O)=O)cc2)[C@H]1O. The lowest BCUT2D eigenvalue weighted by atomic mass is 10.1. The normalized spacial score (nSPS) is 24.6. The average molecular weight is 356 g/mol. The molecule has 136 valence electrons. The molecule has 0 bridgehead atoms. The van der Waals surface area contributed by atoms with Gasteiger partial charge < -0.3 is 20.1 Å². The lowest BCUT2D eigenvalue weighted by Gasteiger charge is -2.24. The molecule has 2 rings (SSSR count). The number of hydrogen-bond acceptors (Lipinski definition) is 6. The van der Waals surface area contributed by atoms with Gasteiger partial charge in [-0.2, -0.15) is 0 Å². The summed E-state index contributed by atoms with van der Waals surface area (Å²) in [5.41, 5.74) is 0.974. The molecule has 1 aliphatic heterocycles. The Morgan fingerprint density at radius 1 is 1.25 bits per heavy atom. The van der Waals surface area contributed by atoms with E-state index in [1.807, 2.05) is 0 Å². The summed E-state index contributed by atoms with van der Waals surface area (Å²) in [5.74, 6) is 0. The molecule has 6 nitrogen and oxygen atoms in total. The number of nitrogens with one attached hydrogen (secondary N) is 1. The van der Waals surface area contributed by atoms with Gasteiger partial charge >= 0.3 is 0 Å². The first kappa shape index (κ1) is 19.3. The van der Waals surface area contributed by atoms with Crippen molar-refractivity contribution in [1.29, 1.82) is 0 Å². The van der Waals surface area contributed by atoms with Gasteiger partial charge in [-0.3, -0.25) is 0 Å². The third kappa shape index (κ3) is 5.00. The van der Waals surface area contributed by atoms with E-state index in [1.165, 1.54) is 6.26 Å². The van der Waals surface area contributed by atoms with Crippen molar-refractivity contribution >= 4 is 9.84 Å². The molecule has 2 N–H and O–H groups in total. The molecule has 24 heavy (non-hydrogen) atoms. The quantitative estimate of drug-likeness (QED) is 0.712. The van der Waals surface area contributed by atoms with Gasteiger partial charge in [-0.05, 0) is 30.8 Å². The highest BCUT2D eigenvalue weighted by Crippen LogP contribution is 2.17. The number of aliphatic hydroxyl groups excluding tert-OH is 1. The first-order chi connectivity index (χ1) is 11.3. The van der Waals surface area contributed by atoms with Gasteiger partial charge in [-0.25, -0.2) is 8.42 Å². The van der Waals surface area contributed by atoms with Gasteiger partial charge in [0.05, 0.1) is 29.8 Å². The number of aliphatic hydroxyl groups is 1. The van der Waals surface area contributed by atoms with E-state index < -0.39 is 15.9 Å². The summed E-state index contributed by atoms with van der Waals surface area (Å²) in [4.78, 5) is 2.55. The third-order valence-electron chi connectivity index (χ3n) is 4.54. The fraction of sp³-hybridized carbons (Fsp3) is 0.647. The largest absolute Gasteiger partial charge is 0.389 e. The molecule has 0 saturated carbocycles. The van der Waals surface area contributed by atoms with Crippen LogP contribution in [0.1, 0.15) is 19.4 Å². The first-order valence-corrected chi connectivity index (χ1v) is 10.3. The van der Waals surface area contributed by atoms with Gasteiger partial charge in [0.25, 0.3) is 0 Å². The van der Waals surface area contributed by atoms with Crippen LogP contribution >= 0.6 is 0 Å². The van der Waals surface area contributed by atoms with Crippen molar-refractivity contribution in [1.82, 2.24) is 10.2 Å². The van der Waals surface area contributed by atoms with Crippen LogP contribution in [0.4, 0.5) is 0 Å². The summed E-state index contributed by atoms with van der Waals surface area (Å²) in [6.45, 7) is 7.85. The minimum absolute atomic E-state index is 0.111. The Morgan fingerprint density at radius 3 is 2.42 bits per heavy atom. The van der Waals surface area contributed by atoms with E-state index in [0.717, 1.165) is 25.2 Å². The van der Waals surface area contributed by atoms with E-state index in [4.69, 9.17) is 4.74 Å². The van der Waals surface area contributed by atoms with E-state index in [2.05, 4.69) is 24.1 Å². The summed E-state index contributed by atoms with van der Waals surface area (Å²) in [7, 11) is -3.17. The van der Waals surface area contributed by atoms with Crippen LogP contribution in [0.5, 0.6) is 0 Å². The number of nitrogens with zero attached hydrogens (tertiary/aromatic N) is 1. The van der Waals surface area contributed by atoms with Crippen molar-refractivity contribution in [2.24, 2.45) is 0 Å². The van der Waals surface area contributed by atoms with Gasteiger partial charge in [0.2, 0.25) is 0 Å². The van der Waals surface area contributed by atoms with Crippen LogP contribution in [0.25, 0.3) is 0 Å². The lowest BCUT2D eigenvalue weighted by Crippen LogP contribution is -2.44. The minimum atomic E-state index is -3.17. The van der Waals surface area contributed by atoms with Gasteiger partial charge in [0, 0.05) is 19.3 Å². The van der Waals surface area contributed by atoms with Gasteiger partial charge in [0.1, 0.15) is 0 Å². The van der Waals surface area contributed by atoms with Crippen molar-refractivity contribution in [3.63, 3.8) is 0 Å². The molecule has 1 aromatic carbocycles. The molecule has 1 aliphatic rings. The Hall–Kier alpha value is -0.990. The molecule has 0 aliphatic carbocycles. The first-order valence-electron chi connectivity index (χ1n) is 8.39. The zero-order valence-corrected chi connectivity index (χ0v) is 15.4. The maximum Gasteiger partial charge on any atom is 0.175 e. The van der Waals surface area contributed by atoms with E-state index in [1.54, 1.807) is 24.3 Å². The second-order valence-electron chi connectivity index (χ2n) is 6.25. The van der Waals surface area contributed by atoms with Gasteiger partial charge in [0.15, 0.2) is 9.84 Å². The van der Waals surface area contributed by atoms with Crippen LogP contribution in [0.3, 0.4) is 0 Å². The zero-order valence-electron chi connectivity index (χ0n) is 14.6. The summed E-state index contributed by atoms with van der Waals surface area (Å²) in [6, 6.07) is 6.69. The Labute approximate surface area is 144 Å². The van der Waals surface area contributed by atoms with Crippen molar-refractivity contribution < 1.29 is 18.3 Å². The number of benzene rings is 1. The molecule has 1 saturated heterocycles. The maximum absolute atomic E-state index is 11.5.